The summed E-state index contributed by atoms with van der Waals surface area (Å²) in [5.74, 6) is -1.06. The fraction of sp³-hybridized carbons (Fsp3) is 0.128. The molecule has 1 N–H and O–H groups in total. The number of nitrogens with one attached hydrogen (secondary N) is 1. The molecule has 0 spiro atoms. The van der Waals surface area contributed by atoms with E-state index in [1.165, 1.54) is 4.90 Å². The molecule has 1 aliphatic heterocycles. The average Bonchev–Trinajstić information content (AvgIpc) is 3.10. The average molecular weight is 642 g/mol. The number of carbonyl (C=O) groups excluding carboxylic acids is 3. The quantitative estimate of drug-likeness (QED) is 0.103. The van der Waals surface area contributed by atoms with Gasteiger partial charge in [0.2, 0.25) is 5.91 Å². The lowest BCUT2D eigenvalue weighted by Crippen LogP contribution is -2.42. The van der Waals surface area contributed by atoms with Gasteiger partial charge in [-0.2, -0.15) is 4.99 Å². The summed E-state index contributed by atoms with van der Waals surface area (Å²) in [7, 11) is 0. The minimum atomic E-state index is -0.695. The largest absolute Gasteiger partial charge is 0.493 e. The topological polar surface area (TPSA) is 88.1 Å². The third kappa shape index (κ3) is 7.68. The van der Waals surface area contributed by atoms with Crippen molar-refractivity contribution in [2.45, 2.75) is 19.9 Å². The van der Waals surface area contributed by atoms with Crippen LogP contribution in [0.1, 0.15) is 36.6 Å². The van der Waals surface area contributed by atoms with Crippen LogP contribution in [0.3, 0.4) is 0 Å². The maximum Gasteiger partial charge on any atom is 0.285 e. The summed E-state index contributed by atoms with van der Waals surface area (Å²) in [6, 6.07) is 30.5. The molecule has 0 atom stereocenters. The van der Waals surface area contributed by atoms with Crippen LogP contribution < -0.4 is 10.1 Å². The van der Waals surface area contributed by atoms with Gasteiger partial charge in [0.25, 0.3) is 11.8 Å². The number of aliphatic imine (C=N–C) groups is 1. The fourth-order valence-electron chi connectivity index (χ4n) is 5.24. The molecule has 1 aliphatic rings. The molecule has 0 saturated carbocycles. The number of ether oxygens (including phenoxy) is 1. The molecule has 4 aromatic carbocycles. The number of fused-ring (bicyclic) bond motifs is 1. The van der Waals surface area contributed by atoms with Gasteiger partial charge in [0.1, 0.15) is 11.3 Å². The second-order valence-electron chi connectivity index (χ2n) is 10.4. The van der Waals surface area contributed by atoms with Crippen molar-refractivity contribution < 1.29 is 19.1 Å². The Hall–Kier alpha value is -5.47. The molecular formula is C39H35N3O4S. The molecule has 8 heteroatoms. The summed E-state index contributed by atoms with van der Waals surface area (Å²) in [5, 5.41) is 4.99. The van der Waals surface area contributed by atoms with Gasteiger partial charge in [-0.3, -0.25) is 19.3 Å². The molecule has 236 valence electrons. The molecule has 7 nitrogen and oxygen atoms in total. The number of amides is 3. The van der Waals surface area contributed by atoms with Crippen LogP contribution in [0.25, 0.3) is 16.8 Å². The highest BCUT2D eigenvalue weighted by molar-refractivity contribution is 8.14. The maximum atomic E-state index is 14.2. The Morgan fingerprint density at radius 2 is 1.62 bits per heavy atom. The first-order valence-electron chi connectivity index (χ1n) is 15.3. The van der Waals surface area contributed by atoms with Crippen molar-refractivity contribution in [1.29, 1.82) is 0 Å². The third-order valence-electron chi connectivity index (χ3n) is 7.43. The maximum absolute atomic E-state index is 14.2. The van der Waals surface area contributed by atoms with Gasteiger partial charge >= 0.3 is 0 Å². The number of amidine groups is 1. The Morgan fingerprint density at radius 1 is 0.957 bits per heavy atom. The number of allylic oxidation sites excluding steroid dienone is 4. The van der Waals surface area contributed by atoms with Crippen LogP contribution in [0.4, 0.5) is 0 Å². The van der Waals surface area contributed by atoms with Gasteiger partial charge in [-0.05, 0) is 54.0 Å². The van der Waals surface area contributed by atoms with Gasteiger partial charge in [-0.25, -0.2) is 0 Å². The van der Waals surface area contributed by atoms with Gasteiger partial charge < -0.3 is 10.1 Å². The van der Waals surface area contributed by atoms with E-state index in [1.807, 2.05) is 104 Å². The Labute approximate surface area is 279 Å². The molecule has 5 rings (SSSR count). The van der Waals surface area contributed by atoms with Crippen LogP contribution >= 0.6 is 11.8 Å². The van der Waals surface area contributed by atoms with Gasteiger partial charge in [0.05, 0.1) is 18.4 Å². The predicted molar refractivity (Wildman–Crippen MR) is 191 cm³/mol. The van der Waals surface area contributed by atoms with Crippen molar-refractivity contribution in [3.8, 4) is 5.75 Å². The number of benzene rings is 4. The molecule has 4 aromatic rings. The number of thioether (sulfide) groups is 1. The van der Waals surface area contributed by atoms with E-state index >= 15 is 0 Å². The molecule has 3 amide bonds. The van der Waals surface area contributed by atoms with Crippen LogP contribution in [-0.2, 0) is 14.4 Å². The number of hydrogen-bond donors (Lipinski definition) is 1. The molecule has 0 aromatic heterocycles. The van der Waals surface area contributed by atoms with Crippen molar-refractivity contribution in [2.24, 2.45) is 4.99 Å². The van der Waals surface area contributed by atoms with E-state index in [9.17, 15) is 14.4 Å². The van der Waals surface area contributed by atoms with Crippen LogP contribution in [0, 0.1) is 0 Å². The van der Waals surface area contributed by atoms with Gasteiger partial charge in [0, 0.05) is 11.3 Å². The summed E-state index contributed by atoms with van der Waals surface area (Å²) in [6.07, 6.45) is 8.29. The zero-order valence-corrected chi connectivity index (χ0v) is 27.1. The van der Waals surface area contributed by atoms with Crippen LogP contribution in [0.2, 0.25) is 0 Å². The summed E-state index contributed by atoms with van der Waals surface area (Å²) >= 11 is 1.02. The minimum Gasteiger partial charge on any atom is -0.493 e. The van der Waals surface area contributed by atoms with Crippen LogP contribution in [0.15, 0.2) is 144 Å². The summed E-state index contributed by atoms with van der Waals surface area (Å²) in [6.45, 7) is 7.81. The molecule has 1 heterocycles. The SMILES string of the molecule is C=C/C=C\C(=C/C)N1C(=O)/C(=C/c2c(OCC)ccc3ccccc23)C(=O)N=C1SCC(=O)NC(c1ccccc1)c1ccccc1. The first kappa shape index (κ1) is 32.9. The number of rotatable bonds is 11. The lowest BCUT2D eigenvalue weighted by atomic mass is 9.99. The normalized spacial score (nSPS) is 14.6. The summed E-state index contributed by atoms with van der Waals surface area (Å²) in [4.78, 5) is 46.9. The lowest BCUT2D eigenvalue weighted by molar-refractivity contribution is -0.126. The van der Waals surface area contributed by atoms with Crippen molar-refractivity contribution in [3.63, 3.8) is 0 Å². The van der Waals surface area contributed by atoms with E-state index in [0.29, 0.717) is 23.6 Å². The van der Waals surface area contributed by atoms with E-state index in [4.69, 9.17) is 4.74 Å². The predicted octanol–water partition coefficient (Wildman–Crippen LogP) is 7.63. The number of nitrogens with zero attached hydrogens (tertiary/aromatic N) is 2. The van der Waals surface area contributed by atoms with E-state index < -0.39 is 11.8 Å². The Bertz CT molecular complexity index is 1870. The van der Waals surface area contributed by atoms with Crippen molar-refractivity contribution in [2.75, 3.05) is 12.4 Å². The molecule has 47 heavy (non-hydrogen) atoms. The fourth-order valence-corrected chi connectivity index (χ4v) is 6.05. The van der Waals surface area contributed by atoms with E-state index in [2.05, 4.69) is 16.9 Å². The summed E-state index contributed by atoms with van der Waals surface area (Å²) in [5.41, 5.74) is 2.84. The third-order valence-corrected chi connectivity index (χ3v) is 8.37. The molecule has 0 aliphatic carbocycles. The highest BCUT2D eigenvalue weighted by Crippen LogP contribution is 2.33. The second-order valence-corrected chi connectivity index (χ2v) is 11.4. The van der Waals surface area contributed by atoms with Gasteiger partial charge in [-0.1, -0.05) is 128 Å². The van der Waals surface area contributed by atoms with E-state index in [1.54, 1.807) is 37.3 Å². The first-order valence-corrected chi connectivity index (χ1v) is 16.2. The smallest absolute Gasteiger partial charge is 0.285 e. The molecule has 0 saturated heterocycles. The second kappa shape index (κ2) is 15.7. The van der Waals surface area contributed by atoms with Gasteiger partial charge in [0.15, 0.2) is 5.17 Å². The highest BCUT2D eigenvalue weighted by atomic mass is 32.2. The minimum absolute atomic E-state index is 0.0783. The van der Waals surface area contributed by atoms with Gasteiger partial charge in [-0.15, -0.1) is 0 Å². The molecule has 0 radical (unpaired) electrons. The van der Waals surface area contributed by atoms with Crippen molar-refractivity contribution in [1.82, 2.24) is 10.2 Å². The molecule has 0 unspecified atom stereocenters. The van der Waals surface area contributed by atoms with Crippen molar-refractivity contribution in [3.05, 3.63) is 156 Å². The Kier molecular flexibility index (Phi) is 11.0. The zero-order valence-electron chi connectivity index (χ0n) is 26.3. The summed E-state index contributed by atoms with van der Waals surface area (Å²) < 4.78 is 5.89. The first-order chi connectivity index (χ1) is 22.9. The monoisotopic (exact) mass is 641 g/mol. The number of hydrogen-bond acceptors (Lipinski definition) is 5. The zero-order chi connectivity index (χ0) is 33.2. The van der Waals surface area contributed by atoms with Crippen LogP contribution in [0.5, 0.6) is 5.75 Å². The van der Waals surface area contributed by atoms with Crippen LogP contribution in [-0.4, -0.2) is 40.1 Å². The standard InChI is InChI=1S/C39H35N3O4S/c1-4-7-21-30(5-2)42-38(45)33(25-32-31-22-15-14-16-27(31)23-24-34(32)46-6-3)37(44)41-39(42)47-26-35(43)40-36(28-17-10-8-11-18-28)29-19-12-9-13-20-29/h4-5,7-25,36H,1,6,26H2,2-3H3,(H,40,43)/b21-7-,30-5+,33-25+. The highest BCUT2D eigenvalue weighted by Gasteiger charge is 2.35. The molecular weight excluding hydrogens is 607 g/mol. The molecule has 0 fully saturated rings. The van der Waals surface area contributed by atoms with Crippen molar-refractivity contribution >= 4 is 51.5 Å². The Balaban J connectivity index is 1.48. The molecule has 0 bridgehead atoms. The lowest BCUT2D eigenvalue weighted by Gasteiger charge is -2.28. The number of carbonyl (C=O) groups is 3. The Morgan fingerprint density at radius 3 is 2.26 bits per heavy atom. The van der Waals surface area contributed by atoms with E-state index in [-0.39, 0.29) is 28.4 Å². The van der Waals surface area contributed by atoms with E-state index in [0.717, 1.165) is 33.7 Å².